The molecule has 3 atom stereocenters. The number of para-hydroxylation sites is 1. The number of fused-ring (bicyclic) bond motifs is 1. The van der Waals surface area contributed by atoms with Gasteiger partial charge >= 0.3 is 0 Å². The Morgan fingerprint density at radius 1 is 1.06 bits per heavy atom. The number of aromatic nitrogens is 3. The maximum Gasteiger partial charge on any atom is 0.240 e. The van der Waals surface area contributed by atoms with E-state index in [1.54, 1.807) is 36.5 Å². The van der Waals surface area contributed by atoms with Gasteiger partial charge in [0, 0.05) is 40.8 Å². The van der Waals surface area contributed by atoms with Crippen molar-refractivity contribution in [3.8, 4) is 11.3 Å². The molecule has 2 heterocycles. The second-order valence-corrected chi connectivity index (χ2v) is 10.6. The third-order valence-electron chi connectivity index (χ3n) is 6.18. The Kier molecular flexibility index (Phi) is 6.26. The van der Waals surface area contributed by atoms with E-state index in [0.29, 0.717) is 35.9 Å². The van der Waals surface area contributed by atoms with Crippen LogP contribution >= 0.6 is 11.6 Å². The molecule has 1 aliphatic rings. The van der Waals surface area contributed by atoms with Gasteiger partial charge in [-0.25, -0.2) is 23.1 Å². The molecule has 2 aromatic carbocycles. The molecule has 176 valence electrons. The molecular weight excluding hydrogens is 472 g/mol. The van der Waals surface area contributed by atoms with Crippen molar-refractivity contribution in [1.82, 2.24) is 19.7 Å². The van der Waals surface area contributed by atoms with Gasteiger partial charge in [0.1, 0.15) is 0 Å². The molecule has 0 amide bonds. The number of hydrogen-bond acceptors (Lipinski definition) is 6. The number of anilines is 1. The second kappa shape index (κ2) is 9.34. The SMILES string of the molecule is NC1CC[C@H](NS(=O)(=O)c2ccccc2)C[C@H]1Nc1ncc(Cl)c(-c2c[nH]c3ccccc23)n1. The largest absolute Gasteiger partial charge is 0.360 e. The summed E-state index contributed by atoms with van der Waals surface area (Å²) in [6.07, 6.45) is 5.29. The molecule has 0 radical (unpaired) electrons. The molecule has 0 spiro atoms. The van der Waals surface area contributed by atoms with Crippen LogP contribution in [0.1, 0.15) is 19.3 Å². The molecule has 10 heteroatoms. The van der Waals surface area contributed by atoms with Crippen molar-refractivity contribution in [2.24, 2.45) is 5.73 Å². The number of halogens is 1. The van der Waals surface area contributed by atoms with Crippen LogP contribution in [-0.2, 0) is 10.0 Å². The van der Waals surface area contributed by atoms with Crippen LogP contribution in [0.2, 0.25) is 5.02 Å². The zero-order valence-electron chi connectivity index (χ0n) is 18.3. The van der Waals surface area contributed by atoms with Crippen LogP contribution in [0.5, 0.6) is 0 Å². The predicted octanol–water partition coefficient (Wildman–Crippen LogP) is 3.92. The lowest BCUT2D eigenvalue weighted by Crippen LogP contribution is -2.51. The van der Waals surface area contributed by atoms with Gasteiger partial charge in [-0.3, -0.25) is 0 Å². The molecule has 1 unspecified atom stereocenters. The number of rotatable bonds is 6. The van der Waals surface area contributed by atoms with Gasteiger partial charge in [0.25, 0.3) is 0 Å². The smallest absolute Gasteiger partial charge is 0.240 e. The maximum atomic E-state index is 12.8. The molecule has 2 aromatic heterocycles. The van der Waals surface area contributed by atoms with Gasteiger partial charge < -0.3 is 16.0 Å². The van der Waals surface area contributed by atoms with Gasteiger partial charge in [-0.05, 0) is 37.5 Å². The van der Waals surface area contributed by atoms with Gasteiger partial charge in [-0.1, -0.05) is 48.0 Å². The highest BCUT2D eigenvalue weighted by Gasteiger charge is 2.31. The quantitative estimate of drug-likeness (QED) is 0.320. The molecule has 0 bridgehead atoms. The summed E-state index contributed by atoms with van der Waals surface area (Å²) in [5, 5.41) is 4.77. The molecule has 1 fully saturated rings. The fourth-order valence-corrected chi connectivity index (χ4v) is 5.91. The lowest BCUT2D eigenvalue weighted by molar-refractivity contribution is 0.345. The molecule has 1 aliphatic carbocycles. The van der Waals surface area contributed by atoms with E-state index in [4.69, 9.17) is 17.3 Å². The van der Waals surface area contributed by atoms with Crippen LogP contribution in [0.3, 0.4) is 0 Å². The molecule has 5 N–H and O–H groups in total. The first-order valence-electron chi connectivity index (χ1n) is 11.1. The van der Waals surface area contributed by atoms with Crippen LogP contribution in [0.15, 0.2) is 71.9 Å². The zero-order chi connectivity index (χ0) is 23.7. The first kappa shape index (κ1) is 22.8. The highest BCUT2D eigenvalue weighted by Crippen LogP contribution is 2.32. The zero-order valence-corrected chi connectivity index (χ0v) is 19.9. The Morgan fingerprint density at radius 3 is 2.65 bits per heavy atom. The predicted molar refractivity (Wildman–Crippen MR) is 134 cm³/mol. The number of nitrogens with one attached hydrogen (secondary N) is 3. The Morgan fingerprint density at radius 2 is 1.82 bits per heavy atom. The van der Waals surface area contributed by atoms with Gasteiger partial charge in [0.05, 0.1) is 21.8 Å². The molecular formula is C24H25ClN6O2S. The summed E-state index contributed by atoms with van der Waals surface area (Å²) >= 11 is 6.45. The minimum Gasteiger partial charge on any atom is -0.360 e. The molecule has 4 aromatic rings. The van der Waals surface area contributed by atoms with Crippen LogP contribution in [0, 0.1) is 0 Å². The van der Waals surface area contributed by atoms with Gasteiger partial charge in [-0.15, -0.1) is 0 Å². The minimum absolute atomic E-state index is 0.159. The summed E-state index contributed by atoms with van der Waals surface area (Å²) in [7, 11) is -3.61. The number of H-pyrrole nitrogens is 1. The van der Waals surface area contributed by atoms with E-state index in [-0.39, 0.29) is 23.0 Å². The molecule has 8 nitrogen and oxygen atoms in total. The third-order valence-corrected chi connectivity index (χ3v) is 8.00. The summed E-state index contributed by atoms with van der Waals surface area (Å²) in [6, 6.07) is 15.7. The van der Waals surface area contributed by atoms with Crippen molar-refractivity contribution in [3.05, 3.63) is 72.0 Å². The lowest BCUT2D eigenvalue weighted by Gasteiger charge is -2.34. The summed E-state index contributed by atoms with van der Waals surface area (Å²) in [5.74, 6) is 0.400. The van der Waals surface area contributed by atoms with Crippen molar-refractivity contribution in [1.29, 1.82) is 0 Å². The summed E-state index contributed by atoms with van der Waals surface area (Å²) < 4.78 is 28.3. The number of aromatic amines is 1. The highest BCUT2D eigenvalue weighted by atomic mass is 35.5. The van der Waals surface area contributed by atoms with Crippen molar-refractivity contribution in [2.45, 2.75) is 42.3 Å². The van der Waals surface area contributed by atoms with E-state index in [1.807, 2.05) is 30.5 Å². The Balaban J connectivity index is 1.35. The summed E-state index contributed by atoms with van der Waals surface area (Å²) in [6.45, 7) is 0. The summed E-state index contributed by atoms with van der Waals surface area (Å²) in [5.41, 5.74) is 8.86. The van der Waals surface area contributed by atoms with Crippen LogP contribution in [0.4, 0.5) is 5.95 Å². The number of benzene rings is 2. The van der Waals surface area contributed by atoms with E-state index < -0.39 is 10.0 Å². The van der Waals surface area contributed by atoms with Crippen LogP contribution in [-0.4, -0.2) is 41.5 Å². The number of hydrogen-bond donors (Lipinski definition) is 4. The topological polar surface area (TPSA) is 126 Å². The Hall–Kier alpha value is -2.98. The second-order valence-electron chi connectivity index (χ2n) is 8.50. The van der Waals surface area contributed by atoms with E-state index in [9.17, 15) is 8.42 Å². The Bertz CT molecular complexity index is 1410. The normalized spacial score (nSPS) is 20.9. The van der Waals surface area contributed by atoms with E-state index in [1.165, 1.54) is 0 Å². The average molecular weight is 497 g/mol. The Labute approximate surface area is 203 Å². The lowest BCUT2D eigenvalue weighted by atomic mass is 9.88. The first-order chi connectivity index (χ1) is 16.4. The van der Waals surface area contributed by atoms with Gasteiger partial charge in [0.15, 0.2) is 0 Å². The number of sulfonamides is 1. The number of nitrogens with zero attached hydrogens (tertiary/aromatic N) is 2. The first-order valence-corrected chi connectivity index (χ1v) is 13.0. The van der Waals surface area contributed by atoms with Crippen molar-refractivity contribution >= 4 is 38.5 Å². The fraction of sp³-hybridized carbons (Fsp3) is 0.250. The molecule has 0 saturated heterocycles. The standard InChI is InChI=1S/C24H25ClN6O2S/c25-19-14-28-24(30-23(19)18-13-27-21-9-5-4-8-17(18)21)29-22-12-15(10-11-20(22)26)31-34(32,33)16-6-2-1-3-7-16/h1-9,13-15,20,22,27,31H,10-12,26H2,(H,28,29,30)/t15-,20?,22+/m0/s1. The average Bonchev–Trinajstić information content (AvgIpc) is 3.27. The van der Waals surface area contributed by atoms with Crippen molar-refractivity contribution in [3.63, 3.8) is 0 Å². The number of nitrogens with two attached hydrogens (primary N) is 1. The van der Waals surface area contributed by atoms with E-state index in [0.717, 1.165) is 16.5 Å². The maximum absolute atomic E-state index is 12.8. The monoisotopic (exact) mass is 496 g/mol. The van der Waals surface area contributed by atoms with Crippen molar-refractivity contribution in [2.75, 3.05) is 5.32 Å². The third kappa shape index (κ3) is 4.65. The van der Waals surface area contributed by atoms with Crippen LogP contribution < -0.4 is 15.8 Å². The highest BCUT2D eigenvalue weighted by molar-refractivity contribution is 7.89. The molecule has 5 rings (SSSR count). The van der Waals surface area contributed by atoms with E-state index in [2.05, 4.69) is 25.0 Å². The molecule has 1 saturated carbocycles. The minimum atomic E-state index is -3.61. The molecule has 0 aliphatic heterocycles. The van der Waals surface area contributed by atoms with Gasteiger partial charge in [-0.2, -0.15) is 0 Å². The van der Waals surface area contributed by atoms with Crippen molar-refractivity contribution < 1.29 is 8.42 Å². The summed E-state index contributed by atoms with van der Waals surface area (Å²) in [4.78, 5) is 12.5. The van der Waals surface area contributed by atoms with Gasteiger partial charge in [0.2, 0.25) is 16.0 Å². The fourth-order valence-electron chi connectivity index (χ4n) is 4.41. The van der Waals surface area contributed by atoms with Crippen LogP contribution in [0.25, 0.3) is 22.2 Å². The van der Waals surface area contributed by atoms with E-state index >= 15 is 0 Å². The molecule has 34 heavy (non-hydrogen) atoms.